The molecule has 0 aliphatic rings. The minimum Gasteiger partial charge on any atom is -0.443 e. The summed E-state index contributed by atoms with van der Waals surface area (Å²) in [5, 5.41) is 9.66. The number of imide groups is 1. The van der Waals surface area contributed by atoms with Crippen LogP contribution in [0.15, 0.2) is 53.5 Å². The van der Waals surface area contributed by atoms with Gasteiger partial charge in [0.1, 0.15) is 16.8 Å². The number of halogens is 1. The van der Waals surface area contributed by atoms with Crippen molar-refractivity contribution in [1.29, 1.82) is 5.26 Å². The highest BCUT2D eigenvalue weighted by molar-refractivity contribution is 6.36. The van der Waals surface area contributed by atoms with Crippen molar-refractivity contribution in [2.45, 2.75) is 79.1 Å². The number of carbonyl (C=O) groups excluding carboxylic acids is 3. The van der Waals surface area contributed by atoms with Crippen molar-refractivity contribution in [3.05, 3.63) is 70.2 Å². The highest BCUT2D eigenvalue weighted by atomic mass is 35.5. The Morgan fingerprint density at radius 3 is 1.60 bits per heavy atom. The summed E-state index contributed by atoms with van der Waals surface area (Å²) in [5.74, 6) is -0.503. The molecule has 224 valence electrons. The normalized spacial score (nSPS) is 12.9. The number of aliphatic imine (C=N–C) groups is 1. The van der Waals surface area contributed by atoms with Gasteiger partial charge in [0.25, 0.3) is 0 Å². The maximum absolute atomic E-state index is 13.7. The third-order valence-electron chi connectivity index (χ3n) is 4.91. The number of benzene rings is 2. The van der Waals surface area contributed by atoms with Crippen LogP contribution in [0.1, 0.15) is 79.0 Å². The predicted octanol–water partition coefficient (Wildman–Crippen LogP) is 7.54. The van der Waals surface area contributed by atoms with Crippen LogP contribution in [-0.4, -0.2) is 45.8 Å². The van der Waals surface area contributed by atoms with E-state index in [9.17, 15) is 19.6 Å². The van der Waals surface area contributed by atoms with Crippen molar-refractivity contribution >= 4 is 47.0 Å². The molecule has 0 fully saturated rings. The van der Waals surface area contributed by atoms with Crippen molar-refractivity contribution in [2.24, 2.45) is 10.7 Å². The maximum atomic E-state index is 13.7. The SMILES string of the molecule is CC(C)(C)OC(=O)/N=C(/C(=C(\N)c1ccc(C#N)cc1)c1ccc(Cl)cc1)N(C(=O)OC(C)(C)C)C(=O)OC(C)(C)C. The van der Waals surface area contributed by atoms with Crippen LogP contribution < -0.4 is 5.73 Å². The molecule has 0 spiro atoms. The monoisotopic (exact) mass is 596 g/mol. The summed E-state index contributed by atoms with van der Waals surface area (Å²) in [6, 6.07) is 14.6. The summed E-state index contributed by atoms with van der Waals surface area (Å²) in [6.45, 7) is 14.6. The molecule has 42 heavy (non-hydrogen) atoms. The van der Waals surface area contributed by atoms with Crippen LogP contribution in [0.4, 0.5) is 14.4 Å². The Kier molecular flexibility index (Phi) is 10.5. The average molecular weight is 597 g/mol. The minimum absolute atomic E-state index is 0.000970. The lowest BCUT2D eigenvalue weighted by atomic mass is 9.97. The molecule has 11 heteroatoms. The number of nitrogens with zero attached hydrogens (tertiary/aromatic N) is 3. The molecule has 0 aliphatic heterocycles. The Bertz CT molecular complexity index is 1390. The predicted molar refractivity (Wildman–Crippen MR) is 162 cm³/mol. The number of amides is 3. The molecule has 0 radical (unpaired) electrons. The molecule has 0 unspecified atom stereocenters. The van der Waals surface area contributed by atoms with Crippen LogP contribution in [-0.2, 0) is 14.2 Å². The van der Waals surface area contributed by atoms with E-state index >= 15 is 0 Å². The van der Waals surface area contributed by atoms with Crippen molar-refractivity contribution in [3.8, 4) is 6.07 Å². The molecule has 0 aromatic heterocycles. The second-order valence-electron chi connectivity index (χ2n) is 12.2. The van der Waals surface area contributed by atoms with Crippen LogP contribution in [0.25, 0.3) is 11.3 Å². The molecule has 0 saturated carbocycles. The summed E-state index contributed by atoms with van der Waals surface area (Å²) in [4.78, 5) is 45.1. The Morgan fingerprint density at radius 1 is 0.762 bits per heavy atom. The summed E-state index contributed by atoms with van der Waals surface area (Å²) in [7, 11) is 0. The van der Waals surface area contributed by atoms with E-state index in [1.165, 1.54) is 0 Å². The average Bonchev–Trinajstić information content (AvgIpc) is 2.82. The fourth-order valence-corrected chi connectivity index (χ4v) is 3.47. The third kappa shape index (κ3) is 10.2. The van der Waals surface area contributed by atoms with Gasteiger partial charge in [-0.2, -0.15) is 15.2 Å². The lowest BCUT2D eigenvalue weighted by Gasteiger charge is -2.30. The van der Waals surface area contributed by atoms with E-state index in [4.69, 9.17) is 31.5 Å². The Balaban J connectivity index is 3.04. The summed E-state index contributed by atoms with van der Waals surface area (Å²) in [6.07, 6.45) is -3.44. The van der Waals surface area contributed by atoms with E-state index in [0.717, 1.165) is 0 Å². The van der Waals surface area contributed by atoms with Gasteiger partial charge in [0.05, 0.1) is 17.3 Å². The van der Waals surface area contributed by atoms with Crippen LogP contribution in [0, 0.1) is 11.3 Å². The molecule has 2 aromatic carbocycles. The molecule has 3 amide bonds. The van der Waals surface area contributed by atoms with E-state index in [1.807, 2.05) is 6.07 Å². The highest BCUT2D eigenvalue weighted by Crippen LogP contribution is 2.30. The summed E-state index contributed by atoms with van der Waals surface area (Å²) < 4.78 is 16.5. The standard InChI is InChI=1S/C31H37ClN4O6/c1-29(2,3)40-26(37)35-25(36(27(38)41-30(4,5)6)28(39)42-31(7,8)9)23(20-14-16-22(32)17-15-20)24(34)21-12-10-19(18-33)11-13-21/h10-17H,34H2,1-9H3/b24-23-,35-25-. The van der Waals surface area contributed by atoms with E-state index in [1.54, 1.807) is 111 Å². The second kappa shape index (κ2) is 13.1. The third-order valence-corrected chi connectivity index (χ3v) is 5.16. The molecular formula is C31H37ClN4O6. The van der Waals surface area contributed by atoms with E-state index in [-0.39, 0.29) is 11.3 Å². The number of rotatable bonds is 3. The zero-order chi connectivity index (χ0) is 32.0. The van der Waals surface area contributed by atoms with Gasteiger partial charge in [-0.1, -0.05) is 35.9 Å². The second-order valence-corrected chi connectivity index (χ2v) is 12.6. The van der Waals surface area contributed by atoms with Crippen molar-refractivity contribution in [2.75, 3.05) is 0 Å². The van der Waals surface area contributed by atoms with Crippen LogP contribution in [0.2, 0.25) is 5.02 Å². The molecular weight excluding hydrogens is 560 g/mol. The van der Waals surface area contributed by atoms with Gasteiger partial charge < -0.3 is 19.9 Å². The molecule has 0 saturated heterocycles. The Hall–Kier alpha value is -4.36. The van der Waals surface area contributed by atoms with Crippen molar-refractivity contribution in [1.82, 2.24) is 4.90 Å². The van der Waals surface area contributed by atoms with Gasteiger partial charge in [-0.25, -0.2) is 14.4 Å². The first-order valence-electron chi connectivity index (χ1n) is 13.0. The minimum atomic E-state index is -1.17. The molecule has 0 bridgehead atoms. The van der Waals surface area contributed by atoms with Gasteiger partial charge in [0.15, 0.2) is 5.84 Å². The van der Waals surface area contributed by atoms with Gasteiger partial charge in [-0.3, -0.25) is 0 Å². The van der Waals surface area contributed by atoms with Crippen LogP contribution >= 0.6 is 11.6 Å². The lowest BCUT2D eigenvalue weighted by molar-refractivity contribution is 0.0150. The highest BCUT2D eigenvalue weighted by Gasteiger charge is 2.38. The lowest BCUT2D eigenvalue weighted by Crippen LogP contribution is -2.48. The van der Waals surface area contributed by atoms with Gasteiger partial charge in [-0.15, -0.1) is 0 Å². The fraction of sp³-hybridized carbons (Fsp3) is 0.387. The quantitative estimate of drug-likeness (QED) is 0.165. The number of ether oxygens (including phenoxy) is 3. The molecule has 0 aliphatic carbocycles. The first-order valence-corrected chi connectivity index (χ1v) is 13.4. The first kappa shape index (κ1) is 33.8. The van der Waals surface area contributed by atoms with Gasteiger partial charge in [-0.05, 0) is 97.7 Å². The number of carbonyl (C=O) groups is 3. The fourth-order valence-electron chi connectivity index (χ4n) is 3.34. The number of nitriles is 1. The number of nitrogens with two attached hydrogens (primary N) is 1. The van der Waals surface area contributed by atoms with Crippen molar-refractivity contribution in [3.63, 3.8) is 0 Å². The van der Waals surface area contributed by atoms with E-state index in [0.29, 0.717) is 26.6 Å². The molecule has 2 aromatic rings. The van der Waals surface area contributed by atoms with Crippen molar-refractivity contribution < 1.29 is 28.6 Å². The van der Waals surface area contributed by atoms with E-state index in [2.05, 4.69) is 4.99 Å². The van der Waals surface area contributed by atoms with Crippen LogP contribution in [0.3, 0.4) is 0 Å². The van der Waals surface area contributed by atoms with Crippen LogP contribution in [0.5, 0.6) is 0 Å². The van der Waals surface area contributed by atoms with E-state index < -0.39 is 40.9 Å². The number of hydrogen-bond donors (Lipinski definition) is 1. The Morgan fingerprint density at radius 2 is 1.19 bits per heavy atom. The molecule has 2 rings (SSSR count). The largest absolute Gasteiger partial charge is 0.443 e. The smallest absolute Gasteiger partial charge is 0.436 e. The zero-order valence-electron chi connectivity index (χ0n) is 25.4. The van der Waals surface area contributed by atoms with Gasteiger partial charge in [0, 0.05) is 10.6 Å². The maximum Gasteiger partial charge on any atom is 0.436 e. The topological polar surface area (TPSA) is 144 Å². The van der Waals surface area contributed by atoms with Gasteiger partial charge >= 0.3 is 18.3 Å². The molecule has 0 heterocycles. The summed E-state index contributed by atoms with van der Waals surface area (Å²) in [5.41, 5.74) is 4.80. The Labute approximate surface area is 251 Å². The molecule has 0 atom stereocenters. The van der Waals surface area contributed by atoms with Gasteiger partial charge in [0.2, 0.25) is 0 Å². The first-order chi connectivity index (χ1) is 19.2. The zero-order valence-corrected chi connectivity index (χ0v) is 26.1. The number of amidine groups is 1. The summed E-state index contributed by atoms with van der Waals surface area (Å²) >= 11 is 6.15. The molecule has 2 N–H and O–H groups in total. The number of hydrogen-bond acceptors (Lipinski definition) is 8. The molecule has 10 nitrogen and oxygen atoms in total.